The zero-order valence-corrected chi connectivity index (χ0v) is 36.1. The van der Waals surface area contributed by atoms with Crippen molar-refractivity contribution in [1.82, 2.24) is 0 Å². The van der Waals surface area contributed by atoms with Gasteiger partial charge in [-0.2, -0.15) is 0 Å². The van der Waals surface area contributed by atoms with E-state index >= 15 is 0 Å². The van der Waals surface area contributed by atoms with Gasteiger partial charge in [0.2, 0.25) is 0 Å². The van der Waals surface area contributed by atoms with Crippen molar-refractivity contribution < 1.29 is 29.3 Å². The highest BCUT2D eigenvalue weighted by Gasteiger charge is 2.19. The SMILES string of the molecule is CCC(C)CCCC(C)CC(CC(C)C)Oc1ccc(CCC(=O)O)cc1.CCC(C)CCCC(C)CC(CC(C)C)Oc1ccc(CCC(=O)O)cc1. The summed E-state index contributed by atoms with van der Waals surface area (Å²) in [4.78, 5) is 21.4. The molecule has 6 unspecified atom stereocenters. The molecule has 0 heterocycles. The number of benzene rings is 2. The second kappa shape index (κ2) is 28.4. The second-order valence-electron chi connectivity index (χ2n) is 17.4. The molecule has 0 saturated heterocycles. The molecule has 0 saturated carbocycles. The molecular weight excluding hydrogens is 673 g/mol. The first kappa shape index (κ1) is 49.0. The third-order valence-corrected chi connectivity index (χ3v) is 10.7. The van der Waals surface area contributed by atoms with Crippen molar-refractivity contribution in [3.63, 3.8) is 0 Å². The van der Waals surface area contributed by atoms with Crippen LogP contribution in [0.25, 0.3) is 0 Å². The first-order valence-electron chi connectivity index (χ1n) is 21.5. The van der Waals surface area contributed by atoms with Gasteiger partial charge in [0.05, 0.1) is 12.2 Å². The number of ether oxygens (including phenoxy) is 2. The van der Waals surface area contributed by atoms with Crippen molar-refractivity contribution in [3.05, 3.63) is 59.7 Å². The molecule has 2 aromatic rings. The highest BCUT2D eigenvalue weighted by Crippen LogP contribution is 2.27. The maximum atomic E-state index is 10.7. The Labute approximate surface area is 331 Å². The molecule has 0 aliphatic carbocycles. The number of aliphatic carboxylic acids is 2. The molecule has 6 heteroatoms. The Balaban J connectivity index is 0.000000540. The van der Waals surface area contributed by atoms with Crippen LogP contribution in [-0.4, -0.2) is 34.4 Å². The maximum absolute atomic E-state index is 10.7. The largest absolute Gasteiger partial charge is 0.490 e. The smallest absolute Gasteiger partial charge is 0.303 e. The van der Waals surface area contributed by atoms with Gasteiger partial charge in [-0.25, -0.2) is 0 Å². The highest BCUT2D eigenvalue weighted by molar-refractivity contribution is 5.67. The quantitative estimate of drug-likeness (QED) is 0.0899. The average molecular weight is 753 g/mol. The number of hydrogen-bond donors (Lipinski definition) is 2. The molecule has 6 atom stereocenters. The van der Waals surface area contributed by atoms with E-state index in [-0.39, 0.29) is 25.0 Å². The van der Waals surface area contributed by atoms with Crippen LogP contribution in [0.2, 0.25) is 0 Å². The molecule has 308 valence electrons. The summed E-state index contributed by atoms with van der Waals surface area (Å²) < 4.78 is 12.6. The molecule has 54 heavy (non-hydrogen) atoms. The molecule has 0 radical (unpaired) electrons. The minimum absolute atomic E-state index is 0.171. The maximum Gasteiger partial charge on any atom is 0.303 e. The lowest BCUT2D eigenvalue weighted by Gasteiger charge is -2.24. The van der Waals surface area contributed by atoms with Crippen molar-refractivity contribution in [2.45, 2.75) is 184 Å². The normalized spacial score (nSPS) is 14.7. The van der Waals surface area contributed by atoms with Crippen LogP contribution in [-0.2, 0) is 22.4 Å². The third kappa shape index (κ3) is 25.1. The van der Waals surface area contributed by atoms with Crippen LogP contribution in [0.15, 0.2) is 48.5 Å². The molecule has 0 amide bonds. The van der Waals surface area contributed by atoms with Crippen molar-refractivity contribution in [2.24, 2.45) is 35.5 Å². The fourth-order valence-electron chi connectivity index (χ4n) is 6.96. The van der Waals surface area contributed by atoms with E-state index in [0.29, 0.717) is 36.5 Å². The third-order valence-electron chi connectivity index (χ3n) is 10.7. The lowest BCUT2D eigenvalue weighted by Crippen LogP contribution is -2.22. The van der Waals surface area contributed by atoms with E-state index in [1.807, 2.05) is 48.5 Å². The van der Waals surface area contributed by atoms with Gasteiger partial charge >= 0.3 is 11.9 Å². The summed E-state index contributed by atoms with van der Waals surface area (Å²) in [6, 6.07) is 15.9. The fraction of sp³-hybridized carbons (Fsp3) is 0.708. The van der Waals surface area contributed by atoms with Crippen molar-refractivity contribution >= 4 is 11.9 Å². The lowest BCUT2D eigenvalue weighted by atomic mass is 9.91. The molecule has 0 aromatic heterocycles. The molecule has 2 N–H and O–H groups in total. The van der Waals surface area contributed by atoms with Crippen molar-refractivity contribution in [2.75, 3.05) is 0 Å². The van der Waals surface area contributed by atoms with Crippen LogP contribution in [0, 0.1) is 35.5 Å². The number of carbonyl (C=O) groups is 2. The molecule has 0 aliphatic heterocycles. The lowest BCUT2D eigenvalue weighted by molar-refractivity contribution is -0.138. The Bertz CT molecular complexity index is 1140. The first-order valence-corrected chi connectivity index (χ1v) is 21.5. The van der Waals surface area contributed by atoms with E-state index in [9.17, 15) is 9.59 Å². The summed E-state index contributed by atoms with van der Waals surface area (Å²) >= 11 is 0. The monoisotopic (exact) mass is 753 g/mol. The van der Waals surface area contributed by atoms with Gasteiger partial charge in [0.15, 0.2) is 0 Å². The molecule has 0 spiro atoms. The Kier molecular flexibility index (Phi) is 25.8. The van der Waals surface area contributed by atoms with Crippen LogP contribution in [0.1, 0.15) is 170 Å². The molecular formula is C48H80O6. The van der Waals surface area contributed by atoms with E-state index < -0.39 is 11.9 Å². The number of hydrogen-bond acceptors (Lipinski definition) is 4. The van der Waals surface area contributed by atoms with Crippen molar-refractivity contribution in [1.29, 1.82) is 0 Å². The zero-order chi connectivity index (χ0) is 40.5. The molecule has 2 aromatic carbocycles. The van der Waals surface area contributed by atoms with Gasteiger partial charge in [-0.3, -0.25) is 9.59 Å². The van der Waals surface area contributed by atoms with E-state index in [0.717, 1.165) is 60.1 Å². The van der Waals surface area contributed by atoms with Gasteiger partial charge in [0, 0.05) is 12.8 Å². The van der Waals surface area contributed by atoms with Crippen LogP contribution in [0.5, 0.6) is 11.5 Å². The van der Waals surface area contributed by atoms with Gasteiger partial charge in [-0.05, 0) is 109 Å². The van der Waals surface area contributed by atoms with Gasteiger partial charge in [-0.1, -0.05) is 145 Å². The molecule has 0 aliphatic rings. The molecule has 2 rings (SSSR count). The molecule has 6 nitrogen and oxygen atoms in total. The van der Waals surface area contributed by atoms with Crippen LogP contribution < -0.4 is 9.47 Å². The first-order chi connectivity index (χ1) is 25.6. The summed E-state index contributed by atoms with van der Waals surface area (Å²) in [5.74, 6) is 4.51. The van der Waals surface area contributed by atoms with E-state index in [1.54, 1.807) is 0 Å². The highest BCUT2D eigenvalue weighted by atomic mass is 16.5. The minimum atomic E-state index is -0.755. The van der Waals surface area contributed by atoms with Gasteiger partial charge in [0.25, 0.3) is 0 Å². The second-order valence-corrected chi connectivity index (χ2v) is 17.4. The number of aryl methyl sites for hydroxylation is 2. The summed E-state index contributed by atoms with van der Waals surface area (Å²) in [6.45, 7) is 22.9. The van der Waals surface area contributed by atoms with E-state index in [1.165, 1.54) is 51.4 Å². The predicted molar refractivity (Wildman–Crippen MR) is 227 cm³/mol. The summed E-state index contributed by atoms with van der Waals surface area (Å²) in [5, 5.41) is 17.6. The fourth-order valence-corrected chi connectivity index (χ4v) is 6.96. The number of carboxylic acids is 2. The van der Waals surface area contributed by atoms with Crippen molar-refractivity contribution in [3.8, 4) is 11.5 Å². The van der Waals surface area contributed by atoms with Gasteiger partial charge < -0.3 is 19.7 Å². The van der Waals surface area contributed by atoms with E-state index in [4.69, 9.17) is 19.7 Å². The summed E-state index contributed by atoms with van der Waals surface area (Å²) in [5.41, 5.74) is 2.09. The van der Waals surface area contributed by atoms with E-state index in [2.05, 4.69) is 69.2 Å². The summed E-state index contributed by atoms with van der Waals surface area (Å²) in [6.07, 6.45) is 16.7. The Morgan fingerprint density at radius 3 is 1.09 bits per heavy atom. The van der Waals surface area contributed by atoms with Crippen LogP contribution in [0.4, 0.5) is 0 Å². The Morgan fingerprint density at radius 2 is 0.815 bits per heavy atom. The predicted octanol–water partition coefficient (Wildman–Crippen LogP) is 13.5. The summed E-state index contributed by atoms with van der Waals surface area (Å²) in [7, 11) is 0. The van der Waals surface area contributed by atoms with Gasteiger partial charge in [-0.15, -0.1) is 0 Å². The molecule has 0 fully saturated rings. The Hall–Kier alpha value is -3.02. The topological polar surface area (TPSA) is 93.1 Å². The molecule has 0 bridgehead atoms. The standard InChI is InChI=1S/2C24H40O3/c2*1-6-19(4)8-7-9-20(5)17-23(16-18(2)3)27-22-13-10-21(11-14-22)12-15-24(25)26/h2*10-11,13-14,18-20,23H,6-9,12,15-17H2,1-5H3,(H,25,26). The number of rotatable bonds is 28. The Morgan fingerprint density at radius 1 is 0.500 bits per heavy atom. The minimum Gasteiger partial charge on any atom is -0.490 e. The van der Waals surface area contributed by atoms with Crippen LogP contribution in [0.3, 0.4) is 0 Å². The van der Waals surface area contributed by atoms with Crippen LogP contribution >= 0.6 is 0 Å². The zero-order valence-electron chi connectivity index (χ0n) is 36.1. The average Bonchev–Trinajstić information content (AvgIpc) is 3.10. The van der Waals surface area contributed by atoms with Gasteiger partial charge in [0.1, 0.15) is 11.5 Å². The number of carboxylic acid groups (broad SMARTS) is 2.